The summed E-state index contributed by atoms with van der Waals surface area (Å²) in [6, 6.07) is -0.808. The Morgan fingerprint density at radius 1 is 1.57 bits per heavy atom. The van der Waals surface area contributed by atoms with E-state index in [9.17, 15) is 14.7 Å². The van der Waals surface area contributed by atoms with E-state index in [0.717, 1.165) is 25.7 Å². The Labute approximate surface area is 122 Å². The number of nitrogens with one attached hydrogen (secondary N) is 1. The summed E-state index contributed by atoms with van der Waals surface area (Å²) in [4.78, 5) is 26.6. The molecule has 1 atom stereocenters. The molecule has 116 valence electrons. The molecule has 1 saturated carbocycles. The second-order valence-corrected chi connectivity index (χ2v) is 5.17. The van der Waals surface area contributed by atoms with Gasteiger partial charge in [0.2, 0.25) is 6.41 Å². The van der Waals surface area contributed by atoms with Crippen molar-refractivity contribution in [3.05, 3.63) is 17.8 Å². The van der Waals surface area contributed by atoms with Gasteiger partial charge in [0.25, 0.3) is 0 Å². The number of carbonyl (C=O) groups excluding carboxylic acids is 2. The van der Waals surface area contributed by atoms with Gasteiger partial charge in [-0.15, -0.1) is 0 Å². The molecule has 2 rings (SSSR count). The second-order valence-electron chi connectivity index (χ2n) is 5.17. The Hall–Kier alpha value is -1.89. The van der Waals surface area contributed by atoms with E-state index in [1.807, 2.05) is 0 Å². The highest BCUT2D eigenvalue weighted by molar-refractivity contribution is 5.88. The number of aromatic nitrogens is 1. The summed E-state index contributed by atoms with van der Waals surface area (Å²) in [6.07, 6.45) is 5.43. The fourth-order valence-electron chi connectivity index (χ4n) is 2.81. The van der Waals surface area contributed by atoms with Crippen LogP contribution in [0.15, 0.2) is 10.8 Å². The zero-order chi connectivity index (χ0) is 15.3. The predicted molar refractivity (Wildman–Crippen MR) is 72.4 cm³/mol. The Morgan fingerprint density at radius 3 is 2.90 bits per heavy atom. The van der Waals surface area contributed by atoms with Crippen LogP contribution in [0.4, 0.5) is 0 Å². The van der Waals surface area contributed by atoms with E-state index >= 15 is 0 Å². The lowest BCUT2D eigenvalue weighted by Crippen LogP contribution is -2.45. The number of ether oxygens (including phenoxy) is 1. The summed E-state index contributed by atoms with van der Waals surface area (Å²) in [5.74, 6) is -0.483. The van der Waals surface area contributed by atoms with Crippen LogP contribution in [0, 0.1) is 0 Å². The Kier molecular flexibility index (Phi) is 4.95. The van der Waals surface area contributed by atoms with Crippen molar-refractivity contribution in [2.75, 3.05) is 6.61 Å². The van der Waals surface area contributed by atoms with Crippen molar-refractivity contribution in [1.29, 1.82) is 0 Å². The zero-order valence-corrected chi connectivity index (χ0v) is 12.0. The number of rotatable bonds is 6. The maximum Gasteiger partial charge on any atom is 0.360 e. The molecule has 7 heteroatoms. The molecule has 21 heavy (non-hydrogen) atoms. The molecule has 1 fully saturated rings. The average Bonchev–Trinajstić information content (AvgIpc) is 2.94. The van der Waals surface area contributed by atoms with Crippen LogP contribution in [-0.2, 0) is 9.53 Å². The predicted octanol–water partition coefficient (Wildman–Crippen LogP) is 1.33. The maximum absolute atomic E-state index is 11.9. The molecule has 0 bridgehead atoms. The molecular weight excluding hydrogens is 276 g/mol. The molecular formula is C14H20N2O5. The first-order valence-electron chi connectivity index (χ1n) is 7.15. The summed E-state index contributed by atoms with van der Waals surface area (Å²) in [6.45, 7) is 1.90. The lowest BCUT2D eigenvalue weighted by molar-refractivity contribution is -0.114. The van der Waals surface area contributed by atoms with Gasteiger partial charge in [-0.05, 0) is 19.8 Å². The van der Waals surface area contributed by atoms with Gasteiger partial charge in [-0.2, -0.15) is 0 Å². The largest absolute Gasteiger partial charge is 0.461 e. The van der Waals surface area contributed by atoms with E-state index in [0.29, 0.717) is 19.3 Å². The molecule has 1 aromatic rings. The number of aliphatic hydroxyl groups is 1. The monoisotopic (exact) mass is 296 g/mol. The zero-order valence-electron chi connectivity index (χ0n) is 12.0. The molecule has 0 aromatic carbocycles. The number of oxazole rings is 1. The van der Waals surface area contributed by atoms with Crippen LogP contribution in [0.2, 0.25) is 0 Å². The van der Waals surface area contributed by atoms with Gasteiger partial charge >= 0.3 is 5.97 Å². The van der Waals surface area contributed by atoms with Crippen molar-refractivity contribution in [3.63, 3.8) is 0 Å². The van der Waals surface area contributed by atoms with E-state index in [2.05, 4.69) is 10.3 Å². The first-order valence-corrected chi connectivity index (χ1v) is 7.15. The molecule has 0 spiro atoms. The normalized spacial score (nSPS) is 18.8. The standard InChI is InChI=1S/C14H20N2O5/c1-2-20-13(18)10-11(21-9-16-10)12(15-8-17)14(19)6-4-3-5-7-14/h8-9,12,19H,2-7H2,1H3,(H,15,17). The van der Waals surface area contributed by atoms with Crippen molar-refractivity contribution in [1.82, 2.24) is 10.3 Å². The highest BCUT2D eigenvalue weighted by atomic mass is 16.5. The van der Waals surface area contributed by atoms with Gasteiger partial charge in [0.05, 0.1) is 12.2 Å². The number of hydrogen-bond acceptors (Lipinski definition) is 6. The minimum absolute atomic E-state index is 0.00445. The summed E-state index contributed by atoms with van der Waals surface area (Å²) in [5, 5.41) is 13.4. The lowest BCUT2D eigenvalue weighted by atomic mass is 9.78. The second kappa shape index (κ2) is 6.71. The molecule has 1 aliphatic carbocycles. The van der Waals surface area contributed by atoms with Crippen molar-refractivity contribution in [2.24, 2.45) is 0 Å². The Balaban J connectivity index is 2.32. The molecule has 7 nitrogen and oxygen atoms in total. The average molecular weight is 296 g/mol. The summed E-state index contributed by atoms with van der Waals surface area (Å²) < 4.78 is 10.2. The highest BCUT2D eigenvalue weighted by Gasteiger charge is 2.43. The fraction of sp³-hybridized carbons (Fsp3) is 0.643. The third-order valence-electron chi connectivity index (χ3n) is 3.82. The Bertz CT molecular complexity index is 493. The molecule has 2 N–H and O–H groups in total. The topological polar surface area (TPSA) is 102 Å². The number of nitrogens with zero attached hydrogens (tertiary/aromatic N) is 1. The SMILES string of the molecule is CCOC(=O)c1ncoc1C(NC=O)C1(O)CCCCC1. The van der Waals surface area contributed by atoms with Gasteiger partial charge in [0.1, 0.15) is 6.04 Å². The molecule has 1 aromatic heterocycles. The highest BCUT2D eigenvalue weighted by Crippen LogP contribution is 2.39. The number of hydrogen-bond donors (Lipinski definition) is 2. The maximum atomic E-state index is 11.9. The van der Waals surface area contributed by atoms with Crippen molar-refractivity contribution in [3.8, 4) is 0 Å². The van der Waals surface area contributed by atoms with Crippen LogP contribution in [0.3, 0.4) is 0 Å². The quantitative estimate of drug-likeness (QED) is 0.606. The molecule has 0 saturated heterocycles. The van der Waals surface area contributed by atoms with Crippen molar-refractivity contribution < 1.29 is 23.8 Å². The van der Waals surface area contributed by atoms with Gasteiger partial charge in [-0.25, -0.2) is 9.78 Å². The molecule has 0 radical (unpaired) electrons. The third-order valence-corrected chi connectivity index (χ3v) is 3.82. The van der Waals surface area contributed by atoms with E-state index in [-0.39, 0.29) is 18.1 Å². The minimum atomic E-state index is -1.14. The molecule has 1 unspecified atom stereocenters. The van der Waals surface area contributed by atoms with Crippen LogP contribution >= 0.6 is 0 Å². The van der Waals surface area contributed by atoms with Gasteiger partial charge in [0, 0.05) is 0 Å². The van der Waals surface area contributed by atoms with Crippen LogP contribution in [0.25, 0.3) is 0 Å². The summed E-state index contributed by atoms with van der Waals surface area (Å²) in [5.41, 5.74) is -1.14. The minimum Gasteiger partial charge on any atom is -0.461 e. The fourth-order valence-corrected chi connectivity index (χ4v) is 2.81. The number of amides is 1. The first kappa shape index (κ1) is 15.5. The molecule has 0 aliphatic heterocycles. The van der Waals surface area contributed by atoms with Gasteiger partial charge in [0.15, 0.2) is 17.8 Å². The van der Waals surface area contributed by atoms with E-state index < -0.39 is 17.6 Å². The van der Waals surface area contributed by atoms with Crippen LogP contribution in [0.1, 0.15) is 61.3 Å². The first-order chi connectivity index (χ1) is 10.1. The lowest BCUT2D eigenvalue weighted by Gasteiger charge is -2.37. The molecule has 1 amide bonds. The van der Waals surface area contributed by atoms with Crippen LogP contribution in [-0.4, -0.2) is 34.7 Å². The van der Waals surface area contributed by atoms with E-state index in [1.54, 1.807) is 6.92 Å². The van der Waals surface area contributed by atoms with E-state index in [4.69, 9.17) is 9.15 Å². The van der Waals surface area contributed by atoms with Gasteiger partial charge < -0.3 is 19.6 Å². The van der Waals surface area contributed by atoms with E-state index in [1.165, 1.54) is 0 Å². The van der Waals surface area contributed by atoms with Gasteiger partial charge in [-0.3, -0.25) is 4.79 Å². The smallest absolute Gasteiger partial charge is 0.360 e. The number of esters is 1. The van der Waals surface area contributed by atoms with Crippen molar-refractivity contribution in [2.45, 2.75) is 50.7 Å². The van der Waals surface area contributed by atoms with Crippen LogP contribution in [0.5, 0.6) is 0 Å². The number of carbonyl (C=O) groups is 2. The molecule has 1 heterocycles. The Morgan fingerprint density at radius 2 is 2.29 bits per heavy atom. The van der Waals surface area contributed by atoms with Gasteiger partial charge in [-0.1, -0.05) is 19.3 Å². The van der Waals surface area contributed by atoms with Crippen LogP contribution < -0.4 is 5.32 Å². The third kappa shape index (κ3) is 3.24. The van der Waals surface area contributed by atoms with Crippen molar-refractivity contribution >= 4 is 12.4 Å². The summed E-state index contributed by atoms with van der Waals surface area (Å²) in [7, 11) is 0. The molecule has 1 aliphatic rings. The summed E-state index contributed by atoms with van der Waals surface area (Å²) >= 11 is 0.